The molecule has 1 aromatic heterocycles. The second-order valence-corrected chi connectivity index (χ2v) is 3.67. The highest BCUT2D eigenvalue weighted by atomic mass is 16.5. The van der Waals surface area contributed by atoms with Crippen molar-refractivity contribution in [3.8, 4) is 17.1 Å². The van der Waals surface area contributed by atoms with E-state index < -0.39 is 0 Å². The van der Waals surface area contributed by atoms with Crippen LogP contribution in [-0.2, 0) is 4.79 Å². The van der Waals surface area contributed by atoms with Crippen LogP contribution in [0.5, 0.6) is 5.75 Å². The molecule has 4 nitrogen and oxygen atoms in total. The van der Waals surface area contributed by atoms with Gasteiger partial charge in [0.05, 0.1) is 5.56 Å². The third-order valence-corrected chi connectivity index (χ3v) is 2.20. The predicted octanol–water partition coefficient (Wildman–Crippen LogP) is 2.38. The molecule has 2 aromatic rings. The zero-order valence-corrected chi connectivity index (χ0v) is 9.68. The summed E-state index contributed by atoms with van der Waals surface area (Å²) in [5, 5.41) is 0. The van der Waals surface area contributed by atoms with Crippen molar-refractivity contribution in [1.29, 1.82) is 0 Å². The minimum absolute atomic E-state index is 0.354. The molecule has 0 N–H and O–H groups in total. The van der Waals surface area contributed by atoms with Gasteiger partial charge in [0.25, 0.3) is 0 Å². The fourth-order valence-corrected chi connectivity index (χ4v) is 1.49. The summed E-state index contributed by atoms with van der Waals surface area (Å²) in [6.07, 6.45) is 3.31. The fourth-order valence-electron chi connectivity index (χ4n) is 1.49. The van der Waals surface area contributed by atoms with Crippen molar-refractivity contribution in [1.82, 2.24) is 9.97 Å². The van der Waals surface area contributed by atoms with Gasteiger partial charge in [0.2, 0.25) is 0 Å². The van der Waals surface area contributed by atoms with Crippen molar-refractivity contribution < 1.29 is 9.53 Å². The highest BCUT2D eigenvalue weighted by Gasteiger charge is 2.10. The Bertz CT molecular complexity index is 538. The van der Waals surface area contributed by atoms with Gasteiger partial charge < -0.3 is 4.74 Å². The molecule has 0 saturated carbocycles. The van der Waals surface area contributed by atoms with Gasteiger partial charge in [0.15, 0.2) is 5.82 Å². The number of aryl methyl sites for hydroxylation is 1. The van der Waals surface area contributed by atoms with E-state index in [4.69, 9.17) is 4.74 Å². The van der Waals surface area contributed by atoms with Crippen LogP contribution >= 0.6 is 0 Å². The van der Waals surface area contributed by atoms with Crippen LogP contribution in [0.2, 0.25) is 0 Å². The average molecular weight is 228 g/mol. The standard InChI is InChI=1S/C13H12N2O2/c1-9-4-5-11(12(8-9)17-10(2)16)13-14-6-3-7-15-13/h3-8H,1-2H3. The number of hydrogen-bond donors (Lipinski definition) is 0. The first-order valence-electron chi connectivity index (χ1n) is 5.23. The summed E-state index contributed by atoms with van der Waals surface area (Å²) in [7, 11) is 0. The van der Waals surface area contributed by atoms with Crippen LogP contribution in [0.1, 0.15) is 12.5 Å². The third kappa shape index (κ3) is 2.66. The predicted molar refractivity (Wildman–Crippen MR) is 63.5 cm³/mol. The van der Waals surface area contributed by atoms with E-state index in [-0.39, 0.29) is 5.97 Å². The van der Waals surface area contributed by atoms with E-state index in [2.05, 4.69) is 9.97 Å². The molecule has 4 heteroatoms. The molecule has 17 heavy (non-hydrogen) atoms. The highest BCUT2D eigenvalue weighted by molar-refractivity contribution is 5.74. The van der Waals surface area contributed by atoms with E-state index in [0.29, 0.717) is 17.1 Å². The van der Waals surface area contributed by atoms with Gasteiger partial charge >= 0.3 is 5.97 Å². The monoisotopic (exact) mass is 228 g/mol. The first kappa shape index (κ1) is 11.3. The zero-order chi connectivity index (χ0) is 12.3. The molecule has 0 aliphatic carbocycles. The quantitative estimate of drug-likeness (QED) is 0.585. The maximum Gasteiger partial charge on any atom is 0.308 e. The lowest BCUT2D eigenvalue weighted by Crippen LogP contribution is -2.03. The smallest absolute Gasteiger partial charge is 0.308 e. The summed E-state index contributed by atoms with van der Waals surface area (Å²) >= 11 is 0. The van der Waals surface area contributed by atoms with Crippen molar-refractivity contribution in [2.24, 2.45) is 0 Å². The molecule has 0 bridgehead atoms. The second-order valence-electron chi connectivity index (χ2n) is 3.67. The topological polar surface area (TPSA) is 52.1 Å². The average Bonchev–Trinajstić information content (AvgIpc) is 2.29. The Morgan fingerprint density at radius 3 is 2.59 bits per heavy atom. The van der Waals surface area contributed by atoms with E-state index in [0.717, 1.165) is 5.56 Å². The largest absolute Gasteiger partial charge is 0.426 e. The Morgan fingerprint density at radius 2 is 1.94 bits per heavy atom. The van der Waals surface area contributed by atoms with Crippen molar-refractivity contribution in [2.45, 2.75) is 13.8 Å². The molecule has 1 aromatic carbocycles. The number of carbonyl (C=O) groups excluding carboxylic acids is 1. The molecule has 0 radical (unpaired) electrons. The normalized spacial score (nSPS) is 10.0. The van der Waals surface area contributed by atoms with Crippen LogP contribution < -0.4 is 4.74 Å². The van der Waals surface area contributed by atoms with Gasteiger partial charge in [-0.1, -0.05) is 6.07 Å². The van der Waals surface area contributed by atoms with Crippen LogP contribution in [0.25, 0.3) is 11.4 Å². The Labute approximate surface area is 99.3 Å². The summed E-state index contributed by atoms with van der Waals surface area (Å²) in [6.45, 7) is 3.31. The van der Waals surface area contributed by atoms with Crippen molar-refractivity contribution >= 4 is 5.97 Å². The van der Waals surface area contributed by atoms with Crippen LogP contribution in [-0.4, -0.2) is 15.9 Å². The van der Waals surface area contributed by atoms with E-state index in [1.807, 2.05) is 19.1 Å². The van der Waals surface area contributed by atoms with E-state index in [9.17, 15) is 4.79 Å². The molecule has 0 aliphatic rings. The maximum atomic E-state index is 11.0. The number of aromatic nitrogens is 2. The van der Waals surface area contributed by atoms with Gasteiger partial charge in [-0.05, 0) is 30.7 Å². The molecule has 86 valence electrons. The SMILES string of the molecule is CC(=O)Oc1cc(C)ccc1-c1ncccn1. The second kappa shape index (κ2) is 4.74. The van der Waals surface area contributed by atoms with Gasteiger partial charge in [0.1, 0.15) is 5.75 Å². The van der Waals surface area contributed by atoms with Gasteiger partial charge in [-0.3, -0.25) is 4.79 Å². The summed E-state index contributed by atoms with van der Waals surface area (Å²) < 4.78 is 5.16. The van der Waals surface area contributed by atoms with E-state index in [1.165, 1.54) is 6.92 Å². The lowest BCUT2D eigenvalue weighted by atomic mass is 10.1. The molecule has 0 atom stereocenters. The number of nitrogens with zero attached hydrogens (tertiary/aromatic N) is 2. The number of carbonyl (C=O) groups is 1. The van der Waals surface area contributed by atoms with Gasteiger partial charge in [-0.2, -0.15) is 0 Å². The van der Waals surface area contributed by atoms with E-state index >= 15 is 0 Å². The highest BCUT2D eigenvalue weighted by Crippen LogP contribution is 2.28. The van der Waals surface area contributed by atoms with Crippen LogP contribution in [0.4, 0.5) is 0 Å². The van der Waals surface area contributed by atoms with Gasteiger partial charge in [-0.15, -0.1) is 0 Å². The minimum Gasteiger partial charge on any atom is -0.426 e. The van der Waals surface area contributed by atoms with Crippen molar-refractivity contribution in [3.05, 3.63) is 42.2 Å². The minimum atomic E-state index is -0.354. The Morgan fingerprint density at radius 1 is 1.24 bits per heavy atom. The molecule has 0 saturated heterocycles. The lowest BCUT2D eigenvalue weighted by molar-refractivity contribution is -0.131. The fraction of sp³-hybridized carbons (Fsp3) is 0.154. The number of esters is 1. The Kier molecular flexibility index (Phi) is 3.14. The Hall–Kier alpha value is -2.23. The molecular weight excluding hydrogens is 216 g/mol. The lowest BCUT2D eigenvalue weighted by Gasteiger charge is -2.08. The van der Waals surface area contributed by atoms with E-state index in [1.54, 1.807) is 24.5 Å². The molecule has 2 rings (SSSR count). The molecule has 0 amide bonds. The van der Waals surface area contributed by atoms with Crippen molar-refractivity contribution in [3.63, 3.8) is 0 Å². The number of benzene rings is 1. The molecular formula is C13H12N2O2. The third-order valence-electron chi connectivity index (χ3n) is 2.20. The molecule has 1 heterocycles. The number of rotatable bonds is 2. The molecule has 0 fully saturated rings. The van der Waals surface area contributed by atoms with Crippen LogP contribution in [0.15, 0.2) is 36.7 Å². The first-order valence-corrected chi connectivity index (χ1v) is 5.23. The zero-order valence-electron chi connectivity index (χ0n) is 9.68. The first-order chi connectivity index (χ1) is 8.16. The molecule has 0 unspecified atom stereocenters. The maximum absolute atomic E-state index is 11.0. The van der Waals surface area contributed by atoms with Crippen molar-refractivity contribution in [2.75, 3.05) is 0 Å². The van der Waals surface area contributed by atoms with Gasteiger partial charge in [-0.25, -0.2) is 9.97 Å². The molecule has 0 aliphatic heterocycles. The summed E-state index contributed by atoms with van der Waals surface area (Å²) in [5.41, 5.74) is 1.73. The number of ether oxygens (including phenoxy) is 1. The molecule has 0 spiro atoms. The summed E-state index contributed by atoms with van der Waals surface area (Å²) in [4.78, 5) is 19.3. The van der Waals surface area contributed by atoms with Crippen LogP contribution in [0, 0.1) is 6.92 Å². The van der Waals surface area contributed by atoms with Crippen LogP contribution in [0.3, 0.4) is 0 Å². The summed E-state index contributed by atoms with van der Waals surface area (Å²) in [6, 6.07) is 7.32. The summed E-state index contributed by atoms with van der Waals surface area (Å²) in [5.74, 6) is 0.681. The van der Waals surface area contributed by atoms with Gasteiger partial charge in [0, 0.05) is 19.3 Å². The number of hydrogen-bond acceptors (Lipinski definition) is 4. The Balaban J connectivity index is 2.50.